The van der Waals surface area contributed by atoms with Crippen molar-refractivity contribution in [2.24, 2.45) is 7.05 Å². The summed E-state index contributed by atoms with van der Waals surface area (Å²) in [5, 5.41) is 3.50. The SMILES string of the molecule is CCOc1ccc(NC(=O)N(Cc2ccco2)C(CC)c2nc3ccccc3c(=O)n2C)cc1. The van der Waals surface area contributed by atoms with Crippen LogP contribution in [0.4, 0.5) is 10.5 Å². The molecule has 4 rings (SSSR count). The van der Waals surface area contributed by atoms with Crippen molar-refractivity contribution in [3.05, 3.63) is 88.9 Å². The summed E-state index contributed by atoms with van der Waals surface area (Å²) in [5.41, 5.74) is 1.08. The van der Waals surface area contributed by atoms with Crippen LogP contribution < -0.4 is 15.6 Å². The largest absolute Gasteiger partial charge is 0.494 e. The van der Waals surface area contributed by atoms with Gasteiger partial charge in [-0.1, -0.05) is 19.1 Å². The van der Waals surface area contributed by atoms with Crippen molar-refractivity contribution in [2.45, 2.75) is 32.9 Å². The van der Waals surface area contributed by atoms with Crippen LogP contribution in [-0.4, -0.2) is 27.1 Å². The molecular weight excluding hydrogens is 432 g/mol. The zero-order valence-electron chi connectivity index (χ0n) is 19.5. The van der Waals surface area contributed by atoms with Gasteiger partial charge in [-0.15, -0.1) is 0 Å². The van der Waals surface area contributed by atoms with Gasteiger partial charge in [0, 0.05) is 12.7 Å². The van der Waals surface area contributed by atoms with Gasteiger partial charge in [-0.05, 0) is 61.9 Å². The lowest BCUT2D eigenvalue weighted by Gasteiger charge is -2.31. The van der Waals surface area contributed by atoms with E-state index in [0.29, 0.717) is 41.2 Å². The van der Waals surface area contributed by atoms with Crippen LogP contribution in [0.3, 0.4) is 0 Å². The second kappa shape index (κ2) is 10.2. The molecule has 0 fully saturated rings. The average molecular weight is 461 g/mol. The average Bonchev–Trinajstić information content (AvgIpc) is 3.36. The third-order valence-electron chi connectivity index (χ3n) is 5.66. The molecule has 2 amide bonds. The Morgan fingerprint density at radius 1 is 1.12 bits per heavy atom. The monoisotopic (exact) mass is 460 g/mol. The van der Waals surface area contributed by atoms with Gasteiger partial charge < -0.3 is 19.4 Å². The Bertz CT molecular complexity index is 1310. The second-order valence-corrected chi connectivity index (χ2v) is 7.87. The molecule has 1 unspecified atom stereocenters. The molecule has 0 aliphatic heterocycles. The number of carbonyl (C=O) groups is 1. The normalized spacial score (nSPS) is 11.9. The molecule has 176 valence electrons. The quantitative estimate of drug-likeness (QED) is 0.395. The van der Waals surface area contributed by atoms with Crippen LogP contribution in [0, 0.1) is 0 Å². The van der Waals surface area contributed by atoms with Crippen molar-refractivity contribution in [3.63, 3.8) is 0 Å². The molecule has 2 aromatic carbocycles. The van der Waals surface area contributed by atoms with Gasteiger partial charge in [-0.3, -0.25) is 9.36 Å². The summed E-state index contributed by atoms with van der Waals surface area (Å²) < 4.78 is 12.5. The molecule has 0 aliphatic carbocycles. The number of benzene rings is 2. The predicted molar refractivity (Wildman–Crippen MR) is 131 cm³/mol. The molecular formula is C26H28N4O4. The van der Waals surface area contributed by atoms with Crippen LogP contribution in [0.15, 0.2) is 76.1 Å². The zero-order valence-corrected chi connectivity index (χ0v) is 19.5. The fourth-order valence-corrected chi connectivity index (χ4v) is 3.97. The van der Waals surface area contributed by atoms with Crippen molar-refractivity contribution in [1.29, 1.82) is 0 Å². The second-order valence-electron chi connectivity index (χ2n) is 7.87. The van der Waals surface area contributed by atoms with E-state index >= 15 is 0 Å². The van der Waals surface area contributed by atoms with Gasteiger partial charge in [-0.25, -0.2) is 9.78 Å². The Morgan fingerprint density at radius 3 is 2.56 bits per heavy atom. The van der Waals surface area contributed by atoms with Gasteiger partial charge in [0.25, 0.3) is 5.56 Å². The summed E-state index contributed by atoms with van der Waals surface area (Å²) >= 11 is 0. The molecule has 0 saturated heterocycles. The maximum atomic E-state index is 13.5. The molecule has 0 aliphatic rings. The van der Waals surface area contributed by atoms with E-state index in [1.165, 1.54) is 4.57 Å². The molecule has 8 heteroatoms. The van der Waals surface area contributed by atoms with Gasteiger partial charge in [0.15, 0.2) is 0 Å². The van der Waals surface area contributed by atoms with Crippen LogP contribution in [0.1, 0.15) is 37.9 Å². The predicted octanol–water partition coefficient (Wildman–Crippen LogP) is 5.11. The van der Waals surface area contributed by atoms with E-state index in [0.717, 1.165) is 5.75 Å². The number of aromatic nitrogens is 2. The fraction of sp³-hybridized carbons (Fsp3) is 0.269. The number of amides is 2. The maximum Gasteiger partial charge on any atom is 0.322 e. The van der Waals surface area contributed by atoms with Gasteiger partial charge in [0.2, 0.25) is 0 Å². The third-order valence-corrected chi connectivity index (χ3v) is 5.66. The lowest BCUT2D eigenvalue weighted by molar-refractivity contribution is 0.169. The summed E-state index contributed by atoms with van der Waals surface area (Å²) in [7, 11) is 1.69. The molecule has 4 aromatic rings. The van der Waals surface area contributed by atoms with Gasteiger partial charge in [-0.2, -0.15) is 0 Å². The van der Waals surface area contributed by atoms with Gasteiger partial charge in [0.1, 0.15) is 17.3 Å². The minimum absolute atomic E-state index is 0.149. The smallest absolute Gasteiger partial charge is 0.322 e. The number of hydrogen-bond donors (Lipinski definition) is 1. The first kappa shape index (κ1) is 23.1. The van der Waals surface area contributed by atoms with E-state index in [-0.39, 0.29) is 18.1 Å². The van der Waals surface area contributed by atoms with E-state index < -0.39 is 6.04 Å². The number of rotatable bonds is 8. The highest BCUT2D eigenvalue weighted by atomic mass is 16.5. The lowest BCUT2D eigenvalue weighted by Crippen LogP contribution is -2.40. The number of fused-ring (bicyclic) bond motifs is 1. The molecule has 8 nitrogen and oxygen atoms in total. The summed E-state index contributed by atoms with van der Waals surface area (Å²) in [5.74, 6) is 1.88. The highest BCUT2D eigenvalue weighted by Gasteiger charge is 2.29. The fourth-order valence-electron chi connectivity index (χ4n) is 3.97. The van der Waals surface area contributed by atoms with Crippen LogP contribution in [-0.2, 0) is 13.6 Å². The highest BCUT2D eigenvalue weighted by molar-refractivity contribution is 5.89. The number of nitrogens with one attached hydrogen (secondary N) is 1. The number of furan rings is 1. The van der Waals surface area contributed by atoms with Crippen LogP contribution >= 0.6 is 0 Å². The molecule has 1 N–H and O–H groups in total. The number of carbonyl (C=O) groups excluding carboxylic acids is 1. The topological polar surface area (TPSA) is 89.6 Å². The first-order chi connectivity index (χ1) is 16.5. The zero-order chi connectivity index (χ0) is 24.1. The van der Waals surface area contributed by atoms with E-state index in [1.54, 1.807) is 42.5 Å². The number of para-hydroxylation sites is 1. The molecule has 1 atom stereocenters. The number of ether oxygens (including phenoxy) is 1. The Kier molecular flexibility index (Phi) is 6.96. The van der Waals surface area contributed by atoms with E-state index in [4.69, 9.17) is 14.1 Å². The van der Waals surface area contributed by atoms with Crippen LogP contribution in [0.25, 0.3) is 10.9 Å². The van der Waals surface area contributed by atoms with Crippen molar-refractivity contribution < 1.29 is 13.9 Å². The van der Waals surface area contributed by atoms with E-state index in [1.807, 2.05) is 50.2 Å². The molecule has 2 heterocycles. The minimum Gasteiger partial charge on any atom is -0.494 e. The first-order valence-corrected chi connectivity index (χ1v) is 11.3. The van der Waals surface area contributed by atoms with Crippen molar-refractivity contribution in [1.82, 2.24) is 14.5 Å². The molecule has 0 radical (unpaired) electrons. The summed E-state index contributed by atoms with van der Waals surface area (Å²) in [6.07, 6.45) is 2.12. The van der Waals surface area contributed by atoms with Crippen molar-refractivity contribution >= 4 is 22.6 Å². The standard InChI is InChI=1S/C26H28N4O4/c1-4-23(24-28-22-11-7-6-10-21(22)25(31)29(24)3)30(17-20-9-8-16-34-20)26(32)27-18-12-14-19(15-13-18)33-5-2/h6-16,23H,4-5,17H2,1-3H3,(H,27,32). The van der Waals surface area contributed by atoms with Crippen LogP contribution in [0.5, 0.6) is 5.75 Å². The minimum atomic E-state index is -0.463. The summed E-state index contributed by atoms with van der Waals surface area (Å²) in [6.45, 7) is 4.67. The number of hydrogen-bond acceptors (Lipinski definition) is 5. The van der Waals surface area contributed by atoms with E-state index in [2.05, 4.69) is 5.32 Å². The maximum absolute atomic E-state index is 13.5. The first-order valence-electron chi connectivity index (χ1n) is 11.3. The Hall–Kier alpha value is -4.07. The molecule has 2 aromatic heterocycles. The molecule has 0 spiro atoms. The number of urea groups is 1. The third kappa shape index (κ3) is 4.80. The van der Waals surface area contributed by atoms with Crippen molar-refractivity contribution in [2.75, 3.05) is 11.9 Å². The Balaban J connectivity index is 1.70. The molecule has 34 heavy (non-hydrogen) atoms. The number of nitrogens with zero attached hydrogens (tertiary/aromatic N) is 3. The summed E-state index contributed by atoms with van der Waals surface area (Å²) in [4.78, 5) is 33.0. The van der Waals surface area contributed by atoms with E-state index in [9.17, 15) is 9.59 Å². The Morgan fingerprint density at radius 2 is 1.88 bits per heavy atom. The highest BCUT2D eigenvalue weighted by Crippen LogP contribution is 2.27. The summed E-state index contributed by atoms with van der Waals surface area (Å²) in [6, 6.07) is 17.2. The van der Waals surface area contributed by atoms with Crippen molar-refractivity contribution in [3.8, 4) is 5.75 Å². The van der Waals surface area contributed by atoms with Gasteiger partial charge in [0.05, 0.1) is 36.4 Å². The molecule has 0 saturated carbocycles. The number of anilines is 1. The Labute approximate surface area is 197 Å². The van der Waals surface area contributed by atoms with Crippen LogP contribution in [0.2, 0.25) is 0 Å². The molecule has 0 bridgehead atoms. The van der Waals surface area contributed by atoms with Gasteiger partial charge >= 0.3 is 6.03 Å². The lowest BCUT2D eigenvalue weighted by atomic mass is 10.1.